The molecule has 112 valence electrons. The Morgan fingerprint density at radius 1 is 1.67 bits per heavy atom. The number of hydrogen-bond acceptors (Lipinski definition) is 7. The monoisotopic (exact) mass is 328 g/mol. The van der Waals surface area contributed by atoms with Crippen LogP contribution in [0.5, 0.6) is 0 Å². The number of aromatic nitrogens is 1. The Bertz CT molecular complexity index is 641. The number of amides is 1. The summed E-state index contributed by atoms with van der Waals surface area (Å²) in [7, 11) is 0. The molecular formula is C12H12N2O5S2. The number of nitrogens with zero attached hydrogens (tertiary/aromatic N) is 2. The van der Waals surface area contributed by atoms with Gasteiger partial charge in [0.05, 0.1) is 5.69 Å². The third-order valence-corrected chi connectivity index (χ3v) is 5.77. The van der Waals surface area contributed by atoms with E-state index in [0.29, 0.717) is 22.2 Å². The van der Waals surface area contributed by atoms with Crippen LogP contribution in [0.1, 0.15) is 5.69 Å². The van der Waals surface area contributed by atoms with Gasteiger partial charge in [0.15, 0.2) is 17.6 Å². The first-order chi connectivity index (χ1) is 10.0. The molecule has 3 rings (SSSR count). The van der Waals surface area contributed by atoms with Gasteiger partial charge in [0.25, 0.3) is 5.91 Å². The molecular weight excluding hydrogens is 316 g/mol. The highest BCUT2D eigenvalue weighted by atomic mass is 32.2. The normalized spacial score (nSPS) is 24.9. The van der Waals surface area contributed by atoms with Crippen molar-refractivity contribution in [1.82, 2.24) is 9.88 Å². The maximum Gasteiger partial charge on any atom is 0.352 e. The molecule has 2 atom stereocenters. The quantitative estimate of drug-likeness (QED) is 0.614. The molecule has 21 heavy (non-hydrogen) atoms. The average molecular weight is 328 g/mol. The number of aliphatic hydroxyl groups excluding tert-OH is 1. The molecule has 1 saturated heterocycles. The lowest BCUT2D eigenvalue weighted by Crippen LogP contribution is -2.64. The van der Waals surface area contributed by atoms with Crippen LogP contribution in [0.25, 0.3) is 0 Å². The van der Waals surface area contributed by atoms with Gasteiger partial charge in [-0.1, -0.05) is 11.8 Å². The standard InChI is InChI=1S/C12H12N2O5S2/c1-5-12(19-4-13-5)21-3-6-2-20-10-8(15)9(16)14(10)7(6)11(17)18/h4,8,10,15H,2-3H2,1H3,(H,17,18)/t8-,10-/m1/s1. The van der Waals surface area contributed by atoms with Crippen molar-refractivity contribution in [2.24, 2.45) is 0 Å². The van der Waals surface area contributed by atoms with Crippen molar-refractivity contribution in [2.45, 2.75) is 23.5 Å². The number of oxazole rings is 1. The van der Waals surface area contributed by atoms with Gasteiger partial charge >= 0.3 is 5.97 Å². The van der Waals surface area contributed by atoms with Gasteiger partial charge in [-0.25, -0.2) is 9.78 Å². The highest BCUT2D eigenvalue weighted by Gasteiger charge is 2.52. The minimum absolute atomic E-state index is 0.0151. The van der Waals surface area contributed by atoms with Gasteiger partial charge in [-0.2, -0.15) is 0 Å². The molecule has 2 aliphatic heterocycles. The topological polar surface area (TPSA) is 104 Å². The molecule has 0 spiro atoms. The number of aryl methyl sites for hydroxylation is 1. The smallest absolute Gasteiger partial charge is 0.352 e. The number of β-lactam (4-membered cyclic amide) rings is 1. The van der Waals surface area contributed by atoms with Crippen molar-refractivity contribution in [2.75, 3.05) is 11.5 Å². The van der Waals surface area contributed by atoms with Gasteiger partial charge in [0.2, 0.25) is 0 Å². The number of carbonyl (C=O) groups excluding carboxylic acids is 1. The maximum absolute atomic E-state index is 11.7. The number of thioether (sulfide) groups is 2. The van der Waals surface area contributed by atoms with Crippen LogP contribution < -0.4 is 0 Å². The zero-order valence-corrected chi connectivity index (χ0v) is 12.6. The van der Waals surface area contributed by atoms with E-state index >= 15 is 0 Å². The third-order valence-electron chi connectivity index (χ3n) is 3.30. The van der Waals surface area contributed by atoms with Crippen LogP contribution in [-0.4, -0.2) is 55.0 Å². The molecule has 2 N–H and O–H groups in total. The van der Waals surface area contributed by atoms with Crippen molar-refractivity contribution in [3.05, 3.63) is 23.4 Å². The largest absolute Gasteiger partial charge is 0.477 e. The van der Waals surface area contributed by atoms with Crippen LogP contribution >= 0.6 is 23.5 Å². The molecule has 0 radical (unpaired) electrons. The second kappa shape index (κ2) is 5.39. The molecule has 0 aromatic carbocycles. The molecule has 3 heterocycles. The van der Waals surface area contributed by atoms with Crippen molar-refractivity contribution >= 4 is 35.4 Å². The zero-order valence-electron chi connectivity index (χ0n) is 11.0. The van der Waals surface area contributed by atoms with E-state index in [-0.39, 0.29) is 5.70 Å². The van der Waals surface area contributed by atoms with E-state index in [1.165, 1.54) is 34.8 Å². The van der Waals surface area contributed by atoms with Crippen LogP contribution in [-0.2, 0) is 9.59 Å². The lowest BCUT2D eigenvalue weighted by Gasteiger charge is -2.47. The predicted molar refractivity (Wildman–Crippen MR) is 75.7 cm³/mol. The number of fused-ring (bicyclic) bond motifs is 1. The molecule has 7 nitrogen and oxygen atoms in total. The molecule has 0 saturated carbocycles. The Morgan fingerprint density at radius 2 is 2.43 bits per heavy atom. The fraction of sp³-hybridized carbons (Fsp3) is 0.417. The Kier molecular flexibility index (Phi) is 3.72. The van der Waals surface area contributed by atoms with E-state index in [1.54, 1.807) is 6.92 Å². The summed E-state index contributed by atoms with van der Waals surface area (Å²) in [5.41, 5.74) is 1.37. The number of carboxylic acids is 1. The van der Waals surface area contributed by atoms with Crippen LogP contribution in [0.3, 0.4) is 0 Å². The second-order valence-corrected chi connectivity index (χ2v) is 6.68. The summed E-state index contributed by atoms with van der Waals surface area (Å²) in [6, 6.07) is 0. The Balaban J connectivity index is 1.83. The van der Waals surface area contributed by atoms with Gasteiger partial charge in [-0.05, 0) is 12.5 Å². The molecule has 0 bridgehead atoms. The van der Waals surface area contributed by atoms with Crippen molar-refractivity contribution in [3.8, 4) is 0 Å². The van der Waals surface area contributed by atoms with E-state index < -0.39 is 23.4 Å². The van der Waals surface area contributed by atoms with Gasteiger partial charge < -0.3 is 14.6 Å². The first kappa shape index (κ1) is 14.5. The summed E-state index contributed by atoms with van der Waals surface area (Å²) in [5, 5.41) is 19.1. The molecule has 0 aliphatic carbocycles. The Morgan fingerprint density at radius 3 is 3.05 bits per heavy atom. The fourth-order valence-electron chi connectivity index (χ4n) is 2.22. The van der Waals surface area contributed by atoms with Crippen molar-refractivity contribution < 1.29 is 24.2 Å². The molecule has 0 unspecified atom stereocenters. The lowest BCUT2D eigenvalue weighted by molar-refractivity contribution is -0.159. The van der Waals surface area contributed by atoms with Crippen molar-refractivity contribution in [3.63, 3.8) is 0 Å². The molecule has 9 heteroatoms. The SMILES string of the molecule is Cc1ncoc1SCC1=C(C(=O)O)N2C(=O)[C@@H](O)[C@H]2SC1. The summed E-state index contributed by atoms with van der Waals surface area (Å²) in [4.78, 5) is 28.3. The number of carbonyl (C=O) groups is 2. The fourth-order valence-corrected chi connectivity index (χ4v) is 4.54. The van der Waals surface area contributed by atoms with Crippen molar-refractivity contribution in [1.29, 1.82) is 0 Å². The minimum atomic E-state index is -1.15. The first-order valence-corrected chi connectivity index (χ1v) is 8.15. The van der Waals surface area contributed by atoms with Gasteiger partial charge in [-0.3, -0.25) is 9.69 Å². The minimum Gasteiger partial charge on any atom is -0.477 e. The highest BCUT2D eigenvalue weighted by molar-refractivity contribution is 8.01. The lowest BCUT2D eigenvalue weighted by atomic mass is 10.1. The highest BCUT2D eigenvalue weighted by Crippen LogP contribution is 2.41. The molecule has 1 fully saturated rings. The van der Waals surface area contributed by atoms with E-state index in [0.717, 1.165) is 5.69 Å². The van der Waals surface area contributed by atoms with E-state index in [9.17, 15) is 19.8 Å². The number of rotatable bonds is 4. The van der Waals surface area contributed by atoms with Gasteiger partial charge in [0.1, 0.15) is 11.1 Å². The second-order valence-electron chi connectivity index (χ2n) is 4.63. The summed E-state index contributed by atoms with van der Waals surface area (Å²) >= 11 is 2.72. The summed E-state index contributed by atoms with van der Waals surface area (Å²) in [5.74, 6) is -0.835. The number of hydrogen-bond donors (Lipinski definition) is 2. The third kappa shape index (κ3) is 2.34. The van der Waals surface area contributed by atoms with E-state index in [2.05, 4.69) is 4.98 Å². The van der Waals surface area contributed by atoms with Crippen LogP contribution in [0.15, 0.2) is 27.2 Å². The molecule has 1 aromatic rings. The van der Waals surface area contributed by atoms with Crippen LogP contribution in [0, 0.1) is 6.92 Å². The maximum atomic E-state index is 11.7. The van der Waals surface area contributed by atoms with E-state index in [1.807, 2.05) is 0 Å². The van der Waals surface area contributed by atoms with E-state index in [4.69, 9.17) is 4.42 Å². The zero-order chi connectivity index (χ0) is 15.1. The summed E-state index contributed by atoms with van der Waals surface area (Å²) in [6.45, 7) is 1.80. The van der Waals surface area contributed by atoms with Gasteiger partial charge in [0, 0.05) is 11.5 Å². The molecule has 1 amide bonds. The molecule has 2 aliphatic rings. The average Bonchev–Trinajstić information content (AvgIpc) is 2.88. The predicted octanol–water partition coefficient (Wildman–Crippen LogP) is 0.690. The number of aliphatic carboxylic acids is 1. The Labute approximate surface area is 128 Å². The Hall–Kier alpha value is -1.45. The van der Waals surface area contributed by atoms with Gasteiger partial charge in [-0.15, -0.1) is 11.8 Å². The number of carboxylic acid groups (broad SMARTS) is 1. The van der Waals surface area contributed by atoms with Crippen LogP contribution in [0.4, 0.5) is 0 Å². The summed E-state index contributed by atoms with van der Waals surface area (Å²) in [6.07, 6.45) is 0.237. The summed E-state index contributed by atoms with van der Waals surface area (Å²) < 4.78 is 5.21. The first-order valence-electron chi connectivity index (χ1n) is 6.11. The molecule has 1 aromatic heterocycles. The van der Waals surface area contributed by atoms with Crippen LogP contribution in [0.2, 0.25) is 0 Å². The number of aliphatic hydroxyl groups is 1.